The highest BCUT2D eigenvalue weighted by atomic mass is 79.9. The number of ketones is 1. The maximum absolute atomic E-state index is 12.7. The van der Waals surface area contributed by atoms with E-state index in [4.69, 9.17) is 0 Å². The lowest BCUT2D eigenvalue weighted by atomic mass is 9.61. The molecule has 0 bridgehead atoms. The monoisotopic (exact) mass is 319 g/mol. The van der Waals surface area contributed by atoms with Crippen LogP contribution in [0.15, 0.2) is 28.7 Å². The van der Waals surface area contributed by atoms with Crippen molar-refractivity contribution in [2.24, 2.45) is 10.8 Å². The van der Waals surface area contributed by atoms with Crippen LogP contribution in [-0.2, 0) is 11.2 Å². The van der Waals surface area contributed by atoms with Crippen LogP contribution in [0.1, 0.15) is 38.7 Å². The lowest BCUT2D eigenvalue weighted by molar-refractivity contribution is -0.138. The summed E-state index contributed by atoms with van der Waals surface area (Å²) in [5, 5.41) is 9.61. The number of hydrogen-bond donors (Lipinski definition) is 0. The number of benzene rings is 1. The molecule has 0 spiro atoms. The zero-order valence-electron chi connectivity index (χ0n) is 11.4. The predicted octanol–water partition coefficient (Wildman–Crippen LogP) is 4.28. The van der Waals surface area contributed by atoms with E-state index in [-0.39, 0.29) is 11.2 Å². The predicted molar refractivity (Wildman–Crippen MR) is 78.5 cm³/mol. The quantitative estimate of drug-likeness (QED) is 0.816. The van der Waals surface area contributed by atoms with Crippen LogP contribution in [0.2, 0.25) is 0 Å². The Kier molecular flexibility index (Phi) is 3.82. The number of nitrogens with zero attached hydrogens (tertiary/aromatic N) is 1. The van der Waals surface area contributed by atoms with Gasteiger partial charge < -0.3 is 0 Å². The molecular formula is C16H18BrNO. The number of hydrogen-bond acceptors (Lipinski definition) is 2. The first-order valence-corrected chi connectivity index (χ1v) is 7.40. The fourth-order valence-electron chi connectivity index (χ4n) is 2.99. The highest BCUT2D eigenvalue weighted by Crippen LogP contribution is 2.45. The zero-order valence-corrected chi connectivity index (χ0v) is 13.0. The molecule has 100 valence electrons. The highest BCUT2D eigenvalue weighted by molar-refractivity contribution is 9.10. The van der Waals surface area contributed by atoms with E-state index < -0.39 is 5.41 Å². The molecule has 0 aliphatic heterocycles. The summed E-state index contributed by atoms with van der Waals surface area (Å²) in [7, 11) is 0. The first-order chi connectivity index (χ1) is 8.91. The third-order valence-electron chi connectivity index (χ3n) is 4.12. The molecule has 1 unspecified atom stereocenters. The van der Waals surface area contributed by atoms with Crippen LogP contribution in [0, 0.1) is 22.2 Å². The molecule has 1 aromatic carbocycles. The van der Waals surface area contributed by atoms with E-state index in [1.807, 2.05) is 38.1 Å². The van der Waals surface area contributed by atoms with Gasteiger partial charge in [-0.25, -0.2) is 0 Å². The van der Waals surface area contributed by atoms with Crippen molar-refractivity contribution in [3.63, 3.8) is 0 Å². The summed E-state index contributed by atoms with van der Waals surface area (Å²) < 4.78 is 0.973. The van der Waals surface area contributed by atoms with E-state index in [9.17, 15) is 10.1 Å². The lowest BCUT2D eigenvalue weighted by Gasteiger charge is -2.39. The van der Waals surface area contributed by atoms with Crippen molar-refractivity contribution in [1.29, 1.82) is 5.26 Å². The molecule has 3 heteroatoms. The summed E-state index contributed by atoms with van der Waals surface area (Å²) in [6.45, 7) is 3.92. The summed E-state index contributed by atoms with van der Waals surface area (Å²) in [6.07, 6.45) is 3.00. The minimum atomic E-state index is -0.856. The van der Waals surface area contributed by atoms with Gasteiger partial charge in [0.1, 0.15) is 5.41 Å². The van der Waals surface area contributed by atoms with Gasteiger partial charge in [-0.2, -0.15) is 5.26 Å². The van der Waals surface area contributed by atoms with Crippen molar-refractivity contribution < 1.29 is 4.79 Å². The number of carbonyl (C=O) groups excluding carboxylic acids is 1. The second-order valence-corrected chi connectivity index (χ2v) is 6.88. The summed E-state index contributed by atoms with van der Waals surface area (Å²) in [5.74, 6) is 0.101. The van der Waals surface area contributed by atoms with E-state index in [1.165, 1.54) is 0 Å². The van der Waals surface area contributed by atoms with E-state index in [0.717, 1.165) is 22.9 Å². The number of Topliss-reactive ketones (excluding diaryl/α,β-unsaturated/α-hetero) is 1. The van der Waals surface area contributed by atoms with Gasteiger partial charge in [-0.3, -0.25) is 4.79 Å². The van der Waals surface area contributed by atoms with E-state index in [1.54, 1.807) is 0 Å². The minimum Gasteiger partial charge on any atom is -0.297 e. The normalized spacial score (nSPS) is 25.9. The summed E-state index contributed by atoms with van der Waals surface area (Å²) in [6, 6.07) is 10.2. The maximum atomic E-state index is 12.7. The molecule has 0 N–H and O–H groups in total. The third-order valence-corrected chi connectivity index (χ3v) is 4.89. The van der Waals surface area contributed by atoms with Crippen LogP contribution in [0.4, 0.5) is 0 Å². The molecular weight excluding hydrogens is 302 g/mol. The van der Waals surface area contributed by atoms with Crippen molar-refractivity contribution in [2.45, 2.75) is 39.5 Å². The lowest BCUT2D eigenvalue weighted by Crippen LogP contribution is -2.45. The second-order valence-electron chi connectivity index (χ2n) is 6.03. The van der Waals surface area contributed by atoms with Gasteiger partial charge in [0, 0.05) is 9.89 Å². The molecule has 0 amide bonds. The van der Waals surface area contributed by atoms with Crippen LogP contribution in [0.3, 0.4) is 0 Å². The van der Waals surface area contributed by atoms with Crippen molar-refractivity contribution in [1.82, 2.24) is 0 Å². The Morgan fingerprint density at radius 2 is 2.00 bits per heavy atom. The molecule has 1 aliphatic rings. The molecule has 19 heavy (non-hydrogen) atoms. The largest absolute Gasteiger partial charge is 0.297 e. The van der Waals surface area contributed by atoms with Crippen LogP contribution in [0.25, 0.3) is 0 Å². The van der Waals surface area contributed by atoms with Crippen LogP contribution in [-0.4, -0.2) is 5.78 Å². The third kappa shape index (κ3) is 2.60. The van der Waals surface area contributed by atoms with Crippen molar-refractivity contribution in [3.8, 4) is 6.07 Å². The van der Waals surface area contributed by atoms with Crippen LogP contribution < -0.4 is 0 Å². The van der Waals surface area contributed by atoms with Gasteiger partial charge in [0.2, 0.25) is 0 Å². The van der Waals surface area contributed by atoms with Crippen LogP contribution >= 0.6 is 15.9 Å². The van der Waals surface area contributed by atoms with Crippen molar-refractivity contribution in [2.75, 3.05) is 0 Å². The number of halogens is 1. The fraction of sp³-hybridized carbons (Fsp3) is 0.500. The van der Waals surface area contributed by atoms with Crippen molar-refractivity contribution in [3.05, 3.63) is 34.3 Å². The van der Waals surface area contributed by atoms with Gasteiger partial charge in [0.05, 0.1) is 6.07 Å². The van der Waals surface area contributed by atoms with E-state index in [0.29, 0.717) is 12.8 Å². The minimum absolute atomic E-state index is 0.101. The average molecular weight is 320 g/mol. The topological polar surface area (TPSA) is 40.9 Å². The molecule has 1 aliphatic carbocycles. The molecule has 0 aromatic heterocycles. The van der Waals surface area contributed by atoms with Gasteiger partial charge in [-0.05, 0) is 30.9 Å². The summed E-state index contributed by atoms with van der Waals surface area (Å²) in [5.41, 5.74) is -0.198. The average Bonchev–Trinajstić information content (AvgIpc) is 2.38. The fourth-order valence-corrected chi connectivity index (χ4v) is 3.41. The van der Waals surface area contributed by atoms with Gasteiger partial charge in [0.15, 0.2) is 5.78 Å². The van der Waals surface area contributed by atoms with Gasteiger partial charge >= 0.3 is 0 Å². The maximum Gasteiger partial charge on any atom is 0.158 e. The summed E-state index contributed by atoms with van der Waals surface area (Å²) >= 11 is 3.50. The first kappa shape index (κ1) is 14.3. The Labute approximate surface area is 122 Å². The number of rotatable bonds is 2. The molecule has 2 rings (SSSR count). The zero-order chi connectivity index (χ0) is 14.1. The van der Waals surface area contributed by atoms with Crippen molar-refractivity contribution >= 4 is 21.7 Å². The number of carbonyl (C=O) groups is 1. The Hall–Kier alpha value is -1.14. The Balaban J connectivity index is 2.37. The second kappa shape index (κ2) is 5.09. The van der Waals surface area contributed by atoms with E-state index >= 15 is 0 Å². The van der Waals surface area contributed by atoms with Gasteiger partial charge in [-0.1, -0.05) is 54.4 Å². The standard InChI is InChI=1S/C16H18BrNO/c1-15(2)8-5-9-16(11-18,14(15)19)10-12-6-3-4-7-13(12)17/h3-4,6-7H,5,8-10H2,1-2H3. The van der Waals surface area contributed by atoms with Gasteiger partial charge in [0.25, 0.3) is 0 Å². The smallest absolute Gasteiger partial charge is 0.158 e. The molecule has 2 nitrogen and oxygen atoms in total. The molecule has 0 radical (unpaired) electrons. The summed E-state index contributed by atoms with van der Waals surface area (Å²) in [4.78, 5) is 12.7. The molecule has 1 atom stereocenters. The molecule has 0 saturated heterocycles. The number of nitriles is 1. The Morgan fingerprint density at radius 1 is 1.32 bits per heavy atom. The highest BCUT2D eigenvalue weighted by Gasteiger charge is 2.49. The molecule has 0 heterocycles. The molecule has 1 saturated carbocycles. The SMILES string of the molecule is CC1(C)CCCC(C#N)(Cc2ccccc2Br)C1=O. The van der Waals surface area contributed by atoms with Gasteiger partial charge in [-0.15, -0.1) is 0 Å². The first-order valence-electron chi connectivity index (χ1n) is 6.61. The Morgan fingerprint density at radius 3 is 2.63 bits per heavy atom. The Bertz CT molecular complexity index is 544. The van der Waals surface area contributed by atoms with E-state index in [2.05, 4.69) is 22.0 Å². The molecule has 1 fully saturated rings. The van der Waals surface area contributed by atoms with Crippen LogP contribution in [0.5, 0.6) is 0 Å². The molecule has 1 aromatic rings.